The highest BCUT2D eigenvalue weighted by Gasteiger charge is 2.15. The average Bonchev–Trinajstić information content (AvgIpc) is 2.65. The van der Waals surface area contributed by atoms with Gasteiger partial charge >= 0.3 is 0 Å². The summed E-state index contributed by atoms with van der Waals surface area (Å²) >= 11 is 1.48. The number of nitrogens with one attached hydrogen (secondary N) is 2. The Morgan fingerprint density at radius 2 is 1.68 bits per heavy atom. The first kappa shape index (κ1) is 19.6. The van der Waals surface area contributed by atoms with Gasteiger partial charge in [-0.3, -0.25) is 9.59 Å². The molecule has 0 atom stereocenters. The molecule has 0 unspecified atom stereocenters. The van der Waals surface area contributed by atoms with Gasteiger partial charge in [0.05, 0.1) is 5.56 Å². The molecule has 0 radical (unpaired) electrons. The molecule has 2 aromatic carbocycles. The molecule has 2 amide bonds. The maximum absolute atomic E-state index is 12.9. The first-order valence-corrected chi connectivity index (χ1v) is 9.63. The van der Waals surface area contributed by atoms with Crippen molar-refractivity contribution in [1.82, 2.24) is 4.98 Å². The van der Waals surface area contributed by atoms with E-state index in [1.165, 1.54) is 18.7 Å². The number of carbonyl (C=O) groups excluding carboxylic acids is 2. The zero-order valence-corrected chi connectivity index (χ0v) is 16.8. The quantitative estimate of drug-likeness (QED) is 0.638. The number of nitrogens with zero attached hydrogens (tertiary/aromatic N) is 1. The summed E-state index contributed by atoms with van der Waals surface area (Å²) in [6, 6.07) is 16.8. The van der Waals surface area contributed by atoms with Gasteiger partial charge < -0.3 is 10.6 Å². The first-order chi connectivity index (χ1) is 13.4. The van der Waals surface area contributed by atoms with Gasteiger partial charge in [0.1, 0.15) is 5.03 Å². The highest BCUT2D eigenvalue weighted by Crippen LogP contribution is 2.32. The predicted octanol–water partition coefficient (Wildman–Crippen LogP) is 5.06. The fourth-order valence-corrected chi connectivity index (χ4v) is 3.71. The number of hydrogen-bond acceptors (Lipinski definition) is 4. The Bertz CT molecular complexity index is 1030. The number of aryl methyl sites for hydroxylation is 2. The number of hydrogen-bond donors (Lipinski definition) is 2. The zero-order valence-electron chi connectivity index (χ0n) is 15.9. The van der Waals surface area contributed by atoms with Crippen LogP contribution >= 0.6 is 11.8 Å². The molecule has 1 heterocycles. The molecule has 0 spiro atoms. The number of pyridine rings is 1. The van der Waals surface area contributed by atoms with Gasteiger partial charge in [-0.05, 0) is 61.4 Å². The van der Waals surface area contributed by atoms with Crippen molar-refractivity contribution in [2.24, 2.45) is 0 Å². The standard InChI is InChI=1S/C22H21N3O2S/c1-14-9-10-15(2)20(12-14)28-22-19(8-5-11-23-22)21(27)25-18-7-4-6-17(13-18)24-16(3)26/h4-13H,1-3H3,(H,24,26)(H,25,27). The molecule has 6 heteroatoms. The molecule has 0 aliphatic carbocycles. The maximum atomic E-state index is 12.9. The minimum Gasteiger partial charge on any atom is -0.326 e. The Balaban J connectivity index is 1.83. The third-order valence-corrected chi connectivity index (χ3v) is 5.19. The SMILES string of the molecule is CC(=O)Nc1cccc(NC(=O)c2cccnc2Sc2cc(C)ccc2C)c1. The Morgan fingerprint density at radius 1 is 0.929 bits per heavy atom. The van der Waals surface area contributed by atoms with Crippen LogP contribution < -0.4 is 10.6 Å². The van der Waals surface area contributed by atoms with Crippen LogP contribution in [-0.4, -0.2) is 16.8 Å². The van der Waals surface area contributed by atoms with Crippen LogP contribution in [0.3, 0.4) is 0 Å². The summed E-state index contributed by atoms with van der Waals surface area (Å²) < 4.78 is 0. The van der Waals surface area contributed by atoms with Gasteiger partial charge in [-0.2, -0.15) is 0 Å². The normalized spacial score (nSPS) is 10.4. The number of aromatic nitrogens is 1. The zero-order chi connectivity index (χ0) is 20.1. The predicted molar refractivity (Wildman–Crippen MR) is 113 cm³/mol. The molecule has 0 fully saturated rings. The van der Waals surface area contributed by atoms with E-state index in [0.717, 1.165) is 16.0 Å². The maximum Gasteiger partial charge on any atom is 0.258 e. The lowest BCUT2D eigenvalue weighted by Gasteiger charge is -2.11. The third kappa shape index (κ3) is 4.98. The van der Waals surface area contributed by atoms with Crippen molar-refractivity contribution in [3.05, 3.63) is 77.5 Å². The van der Waals surface area contributed by atoms with Crippen LogP contribution in [0.1, 0.15) is 28.4 Å². The van der Waals surface area contributed by atoms with E-state index in [9.17, 15) is 9.59 Å². The van der Waals surface area contributed by atoms with E-state index in [0.29, 0.717) is 22.0 Å². The minimum absolute atomic E-state index is 0.164. The van der Waals surface area contributed by atoms with Crippen LogP contribution in [-0.2, 0) is 4.79 Å². The summed E-state index contributed by atoms with van der Waals surface area (Å²) in [4.78, 5) is 29.6. The lowest BCUT2D eigenvalue weighted by molar-refractivity contribution is -0.114. The number of anilines is 2. The fourth-order valence-electron chi connectivity index (χ4n) is 2.64. The summed E-state index contributed by atoms with van der Waals surface area (Å²) in [5, 5.41) is 6.23. The summed E-state index contributed by atoms with van der Waals surface area (Å²) in [5.41, 5.74) is 4.02. The van der Waals surface area contributed by atoms with E-state index in [4.69, 9.17) is 0 Å². The number of rotatable bonds is 5. The smallest absolute Gasteiger partial charge is 0.258 e. The monoisotopic (exact) mass is 391 g/mol. The van der Waals surface area contributed by atoms with Gasteiger partial charge in [-0.25, -0.2) is 4.98 Å². The van der Waals surface area contributed by atoms with Gasteiger partial charge in [0.15, 0.2) is 0 Å². The van der Waals surface area contributed by atoms with Gasteiger partial charge in [-0.15, -0.1) is 0 Å². The van der Waals surface area contributed by atoms with E-state index in [-0.39, 0.29) is 11.8 Å². The molecule has 1 aromatic heterocycles. The molecule has 0 aliphatic rings. The fraction of sp³-hybridized carbons (Fsp3) is 0.136. The molecular weight excluding hydrogens is 370 g/mol. The lowest BCUT2D eigenvalue weighted by atomic mass is 10.2. The second-order valence-electron chi connectivity index (χ2n) is 6.44. The molecule has 0 bridgehead atoms. The highest BCUT2D eigenvalue weighted by atomic mass is 32.2. The third-order valence-electron chi connectivity index (χ3n) is 4.01. The topological polar surface area (TPSA) is 71.1 Å². The van der Waals surface area contributed by atoms with Crippen molar-refractivity contribution in [2.45, 2.75) is 30.7 Å². The largest absolute Gasteiger partial charge is 0.326 e. The second-order valence-corrected chi connectivity index (χ2v) is 7.47. The Labute approximate surface area is 168 Å². The molecule has 2 N–H and O–H groups in total. The van der Waals surface area contributed by atoms with Gasteiger partial charge in [0, 0.05) is 29.4 Å². The van der Waals surface area contributed by atoms with Gasteiger partial charge in [0.2, 0.25) is 5.91 Å². The number of benzene rings is 2. The molecule has 3 aromatic rings. The van der Waals surface area contributed by atoms with Crippen molar-refractivity contribution in [3.8, 4) is 0 Å². The van der Waals surface area contributed by atoms with Gasteiger partial charge in [-0.1, -0.05) is 30.0 Å². The van der Waals surface area contributed by atoms with Crippen molar-refractivity contribution in [2.75, 3.05) is 10.6 Å². The van der Waals surface area contributed by atoms with E-state index in [1.807, 2.05) is 13.8 Å². The number of amides is 2. The van der Waals surface area contributed by atoms with Crippen LogP contribution in [0.4, 0.5) is 11.4 Å². The van der Waals surface area contributed by atoms with Crippen molar-refractivity contribution >= 4 is 35.0 Å². The summed E-state index contributed by atoms with van der Waals surface area (Å²) in [6.45, 7) is 5.52. The number of carbonyl (C=O) groups is 2. The van der Waals surface area contributed by atoms with E-state index in [1.54, 1.807) is 42.6 Å². The average molecular weight is 391 g/mol. The van der Waals surface area contributed by atoms with Crippen LogP contribution in [0.2, 0.25) is 0 Å². The molecule has 5 nitrogen and oxygen atoms in total. The van der Waals surface area contributed by atoms with Crippen molar-refractivity contribution in [3.63, 3.8) is 0 Å². The van der Waals surface area contributed by atoms with Crippen molar-refractivity contribution in [1.29, 1.82) is 0 Å². The minimum atomic E-state index is -0.249. The lowest BCUT2D eigenvalue weighted by Crippen LogP contribution is -2.14. The molecule has 28 heavy (non-hydrogen) atoms. The molecular formula is C22H21N3O2S. The molecule has 0 aliphatic heterocycles. The van der Waals surface area contributed by atoms with E-state index in [2.05, 4.69) is 33.8 Å². The molecule has 142 valence electrons. The Kier molecular flexibility index (Phi) is 6.11. The van der Waals surface area contributed by atoms with Crippen LogP contribution in [0.15, 0.2) is 70.7 Å². The Hall–Kier alpha value is -3.12. The van der Waals surface area contributed by atoms with Crippen LogP contribution in [0.5, 0.6) is 0 Å². The first-order valence-electron chi connectivity index (χ1n) is 8.81. The summed E-state index contributed by atoms with van der Waals surface area (Å²) in [7, 11) is 0. The van der Waals surface area contributed by atoms with Crippen LogP contribution in [0.25, 0.3) is 0 Å². The van der Waals surface area contributed by atoms with Gasteiger partial charge in [0.25, 0.3) is 5.91 Å². The molecule has 0 saturated heterocycles. The van der Waals surface area contributed by atoms with E-state index >= 15 is 0 Å². The Morgan fingerprint density at radius 3 is 2.43 bits per heavy atom. The molecule has 0 saturated carbocycles. The highest BCUT2D eigenvalue weighted by molar-refractivity contribution is 7.99. The molecule has 3 rings (SSSR count). The van der Waals surface area contributed by atoms with Crippen molar-refractivity contribution < 1.29 is 9.59 Å². The summed E-state index contributed by atoms with van der Waals surface area (Å²) in [5.74, 6) is -0.413. The summed E-state index contributed by atoms with van der Waals surface area (Å²) in [6.07, 6.45) is 1.68. The van der Waals surface area contributed by atoms with Crippen LogP contribution in [0, 0.1) is 13.8 Å². The van der Waals surface area contributed by atoms with E-state index < -0.39 is 0 Å². The second kappa shape index (κ2) is 8.71.